The molecule has 4 nitrogen and oxygen atoms in total. The third-order valence-corrected chi connectivity index (χ3v) is 2.80. The lowest BCUT2D eigenvalue weighted by Crippen LogP contribution is -2.05. The van der Waals surface area contributed by atoms with Crippen molar-refractivity contribution in [3.8, 4) is 11.6 Å². The molecule has 0 aliphatic rings. The molecule has 1 N–H and O–H groups in total. The maximum atomic E-state index is 13.1. The maximum Gasteiger partial charge on any atom is 0.226 e. The maximum absolute atomic E-state index is 13.1. The van der Waals surface area contributed by atoms with E-state index in [0.29, 0.717) is 17.6 Å². The molecule has 0 aliphatic carbocycles. The molecule has 0 unspecified atom stereocenters. The van der Waals surface area contributed by atoms with Gasteiger partial charge in [0.1, 0.15) is 11.6 Å². The molecule has 2 rings (SSSR count). The Hall–Kier alpha value is -2.17. The normalized spacial score (nSPS) is 10.4. The summed E-state index contributed by atoms with van der Waals surface area (Å²) in [5.74, 6) is 1.33. The van der Waals surface area contributed by atoms with Crippen LogP contribution in [0.15, 0.2) is 24.4 Å². The number of rotatable bonds is 5. The fourth-order valence-electron chi connectivity index (χ4n) is 1.68. The predicted molar refractivity (Wildman–Crippen MR) is 76.8 cm³/mol. The van der Waals surface area contributed by atoms with E-state index in [4.69, 9.17) is 4.74 Å². The molecule has 2 aromatic rings. The van der Waals surface area contributed by atoms with Crippen molar-refractivity contribution in [3.63, 3.8) is 0 Å². The quantitative estimate of drug-likeness (QED) is 0.900. The summed E-state index contributed by atoms with van der Waals surface area (Å²) in [5, 5.41) is 3.11. The first-order chi connectivity index (χ1) is 9.60. The van der Waals surface area contributed by atoms with Gasteiger partial charge >= 0.3 is 0 Å². The van der Waals surface area contributed by atoms with Crippen LogP contribution in [0.4, 0.5) is 10.3 Å². The summed E-state index contributed by atoms with van der Waals surface area (Å²) < 4.78 is 18.8. The van der Waals surface area contributed by atoms with E-state index >= 15 is 0 Å². The molecule has 106 valence electrons. The summed E-state index contributed by atoms with van der Waals surface area (Å²) in [6.07, 6.45) is 2.70. The van der Waals surface area contributed by atoms with Crippen molar-refractivity contribution < 1.29 is 9.13 Å². The Balaban J connectivity index is 2.23. The van der Waals surface area contributed by atoms with Gasteiger partial charge in [0, 0.05) is 18.3 Å². The number of nitrogens with one attached hydrogen (secondary N) is 1. The molecule has 0 atom stereocenters. The summed E-state index contributed by atoms with van der Waals surface area (Å²) in [6, 6.07) is 4.41. The molecule has 0 fully saturated rings. The fraction of sp³-hybridized carbons (Fsp3) is 0.333. The fourth-order valence-corrected chi connectivity index (χ4v) is 1.68. The molecule has 1 heterocycles. The first-order valence-electron chi connectivity index (χ1n) is 6.61. The smallest absolute Gasteiger partial charge is 0.226 e. The number of nitrogens with zero attached hydrogens (tertiary/aromatic N) is 2. The van der Waals surface area contributed by atoms with E-state index in [1.165, 1.54) is 12.1 Å². The van der Waals surface area contributed by atoms with Gasteiger partial charge in [0.05, 0.1) is 0 Å². The molecule has 0 saturated carbocycles. The molecule has 0 spiro atoms. The average Bonchev–Trinajstić information content (AvgIpc) is 2.42. The lowest BCUT2D eigenvalue weighted by atomic mass is 10.2. The van der Waals surface area contributed by atoms with Crippen LogP contribution in [0.25, 0.3) is 0 Å². The van der Waals surface area contributed by atoms with E-state index in [9.17, 15) is 4.39 Å². The number of halogens is 1. The van der Waals surface area contributed by atoms with Gasteiger partial charge in [-0.05, 0) is 44.0 Å². The Morgan fingerprint density at radius 2 is 2.05 bits per heavy atom. The number of hydrogen-bond acceptors (Lipinski definition) is 4. The molecule has 0 aliphatic heterocycles. The molecule has 0 bridgehead atoms. The second kappa shape index (κ2) is 6.32. The van der Waals surface area contributed by atoms with Crippen molar-refractivity contribution in [1.29, 1.82) is 0 Å². The van der Waals surface area contributed by atoms with E-state index in [-0.39, 0.29) is 5.82 Å². The summed E-state index contributed by atoms with van der Waals surface area (Å²) in [7, 11) is 0. The van der Waals surface area contributed by atoms with Crippen molar-refractivity contribution in [2.45, 2.75) is 27.2 Å². The van der Waals surface area contributed by atoms with Crippen LogP contribution in [0, 0.1) is 19.7 Å². The third-order valence-electron chi connectivity index (χ3n) is 2.80. The summed E-state index contributed by atoms with van der Waals surface area (Å²) in [5.41, 5.74) is 1.56. The van der Waals surface area contributed by atoms with Gasteiger partial charge in [-0.3, -0.25) is 0 Å². The van der Waals surface area contributed by atoms with Gasteiger partial charge < -0.3 is 10.1 Å². The molecular weight excluding hydrogens is 257 g/mol. The minimum absolute atomic E-state index is 0.278. The number of benzene rings is 1. The van der Waals surface area contributed by atoms with Crippen molar-refractivity contribution >= 4 is 5.95 Å². The molecule has 0 radical (unpaired) electrons. The predicted octanol–water partition coefficient (Wildman–Crippen LogP) is 3.85. The third kappa shape index (κ3) is 3.44. The second-order valence-corrected chi connectivity index (χ2v) is 4.62. The van der Waals surface area contributed by atoms with Crippen LogP contribution in [0.2, 0.25) is 0 Å². The Labute approximate surface area is 118 Å². The van der Waals surface area contributed by atoms with E-state index in [2.05, 4.69) is 22.2 Å². The minimum atomic E-state index is -0.278. The summed E-state index contributed by atoms with van der Waals surface area (Å²) >= 11 is 0. The molecular formula is C15H18FN3O. The largest absolute Gasteiger partial charge is 0.438 e. The number of anilines is 1. The van der Waals surface area contributed by atoms with E-state index in [1.54, 1.807) is 19.2 Å². The highest BCUT2D eigenvalue weighted by Gasteiger charge is 2.08. The second-order valence-electron chi connectivity index (χ2n) is 4.62. The Kier molecular flexibility index (Phi) is 4.50. The van der Waals surface area contributed by atoms with Crippen molar-refractivity contribution in [2.75, 3.05) is 11.9 Å². The van der Waals surface area contributed by atoms with Crippen LogP contribution in [0.1, 0.15) is 24.5 Å². The molecule has 0 amide bonds. The SMILES string of the molecule is CCCNc1ncc(C)c(Oc2ccc(F)cc2C)n1. The van der Waals surface area contributed by atoms with Crippen LogP contribution in [-0.2, 0) is 0 Å². The van der Waals surface area contributed by atoms with Crippen molar-refractivity contribution in [1.82, 2.24) is 9.97 Å². The van der Waals surface area contributed by atoms with E-state index in [1.807, 2.05) is 6.92 Å². The van der Waals surface area contributed by atoms with Gasteiger partial charge in [-0.15, -0.1) is 0 Å². The Morgan fingerprint density at radius 1 is 1.25 bits per heavy atom. The van der Waals surface area contributed by atoms with Crippen LogP contribution >= 0.6 is 0 Å². The number of hydrogen-bond donors (Lipinski definition) is 1. The highest BCUT2D eigenvalue weighted by Crippen LogP contribution is 2.26. The van der Waals surface area contributed by atoms with E-state index < -0.39 is 0 Å². The average molecular weight is 275 g/mol. The number of aromatic nitrogens is 2. The standard InChI is InChI=1S/C15H18FN3O/c1-4-7-17-15-18-9-11(3)14(19-15)20-13-6-5-12(16)8-10(13)2/h5-6,8-9H,4,7H2,1-3H3,(H,17,18,19). The zero-order valence-electron chi connectivity index (χ0n) is 11.9. The molecule has 20 heavy (non-hydrogen) atoms. The van der Waals surface area contributed by atoms with Crippen molar-refractivity contribution in [2.24, 2.45) is 0 Å². The van der Waals surface area contributed by atoms with Crippen molar-refractivity contribution in [3.05, 3.63) is 41.3 Å². The Bertz CT molecular complexity index is 602. The van der Waals surface area contributed by atoms with Gasteiger partial charge in [-0.25, -0.2) is 9.37 Å². The number of aryl methyl sites for hydroxylation is 2. The monoisotopic (exact) mass is 275 g/mol. The van der Waals surface area contributed by atoms with Gasteiger partial charge in [0.2, 0.25) is 11.8 Å². The lowest BCUT2D eigenvalue weighted by molar-refractivity contribution is 0.453. The molecule has 5 heteroatoms. The van der Waals surface area contributed by atoms with Gasteiger partial charge in [-0.2, -0.15) is 4.98 Å². The molecule has 1 aromatic carbocycles. The molecule has 0 saturated heterocycles. The lowest BCUT2D eigenvalue weighted by Gasteiger charge is -2.11. The highest BCUT2D eigenvalue weighted by atomic mass is 19.1. The first kappa shape index (κ1) is 14.2. The van der Waals surface area contributed by atoms with Gasteiger partial charge in [0.25, 0.3) is 0 Å². The highest BCUT2D eigenvalue weighted by molar-refractivity contribution is 5.39. The van der Waals surface area contributed by atoms with Crippen LogP contribution in [0.3, 0.4) is 0 Å². The Morgan fingerprint density at radius 3 is 2.75 bits per heavy atom. The minimum Gasteiger partial charge on any atom is -0.438 e. The van der Waals surface area contributed by atoms with Crippen LogP contribution in [-0.4, -0.2) is 16.5 Å². The zero-order chi connectivity index (χ0) is 14.5. The summed E-state index contributed by atoms with van der Waals surface area (Å²) in [6.45, 7) is 6.54. The first-order valence-corrected chi connectivity index (χ1v) is 6.61. The van der Waals surface area contributed by atoms with Crippen LogP contribution in [0.5, 0.6) is 11.6 Å². The van der Waals surface area contributed by atoms with E-state index in [0.717, 1.165) is 24.1 Å². The van der Waals surface area contributed by atoms with Gasteiger partial charge in [0.15, 0.2) is 0 Å². The molecule has 1 aromatic heterocycles. The van der Waals surface area contributed by atoms with Crippen LogP contribution < -0.4 is 10.1 Å². The zero-order valence-corrected chi connectivity index (χ0v) is 11.9. The topological polar surface area (TPSA) is 47.0 Å². The van der Waals surface area contributed by atoms with Gasteiger partial charge in [-0.1, -0.05) is 6.92 Å². The summed E-state index contributed by atoms with van der Waals surface area (Å²) in [4.78, 5) is 8.52. The number of ether oxygens (including phenoxy) is 1.